The fourth-order valence-corrected chi connectivity index (χ4v) is 5.83. The molecule has 0 bridgehead atoms. The number of carbonyl (C=O) groups is 1. The Morgan fingerprint density at radius 2 is 1.89 bits per heavy atom. The van der Waals surface area contributed by atoms with Gasteiger partial charge >= 0.3 is 0 Å². The summed E-state index contributed by atoms with van der Waals surface area (Å²) >= 11 is 0. The molecule has 0 radical (unpaired) electrons. The Morgan fingerprint density at radius 3 is 2.59 bits per heavy atom. The molecule has 1 aromatic carbocycles. The van der Waals surface area contributed by atoms with Crippen LogP contribution in [0.25, 0.3) is 0 Å². The number of nitrogens with one attached hydrogen (secondary N) is 1. The van der Waals surface area contributed by atoms with Crippen LogP contribution in [0.15, 0.2) is 29.2 Å². The van der Waals surface area contributed by atoms with Gasteiger partial charge in [0.2, 0.25) is 10.0 Å². The first-order valence-electron chi connectivity index (χ1n) is 10.0. The molecule has 1 aromatic rings. The minimum Gasteiger partial charge on any atom is -0.349 e. The molecule has 7 heteroatoms. The van der Waals surface area contributed by atoms with E-state index in [4.69, 9.17) is 5.73 Å². The molecule has 0 heterocycles. The predicted molar refractivity (Wildman–Crippen MR) is 106 cm³/mol. The minimum atomic E-state index is -3.60. The third-order valence-corrected chi connectivity index (χ3v) is 8.05. The lowest BCUT2D eigenvalue weighted by atomic mass is 9.96. The van der Waals surface area contributed by atoms with Crippen molar-refractivity contribution in [1.82, 2.24) is 9.62 Å². The van der Waals surface area contributed by atoms with Crippen molar-refractivity contribution in [2.45, 2.75) is 68.3 Å². The van der Waals surface area contributed by atoms with Gasteiger partial charge in [0.25, 0.3) is 5.91 Å². The standard InChI is InChI=1S/C20H31N3O3S/c1-23(17-9-3-2-4-10-17)27(25,26)18-11-5-7-15(13-18)20(24)22-19-12-6-8-16(19)14-21/h5,7,11,13,16-17,19H,2-4,6,8-10,12,14,21H2,1H3,(H,22,24). The molecular formula is C20H31N3O3S. The molecule has 150 valence electrons. The summed E-state index contributed by atoms with van der Waals surface area (Å²) in [4.78, 5) is 12.8. The van der Waals surface area contributed by atoms with Gasteiger partial charge in [0.05, 0.1) is 4.90 Å². The Labute approximate surface area is 162 Å². The number of nitrogens with two attached hydrogens (primary N) is 1. The Hall–Kier alpha value is -1.44. The van der Waals surface area contributed by atoms with Gasteiger partial charge in [0.15, 0.2) is 0 Å². The SMILES string of the molecule is CN(C1CCCCC1)S(=O)(=O)c1cccc(C(=O)NC2CCCC2CN)c1. The highest BCUT2D eigenvalue weighted by molar-refractivity contribution is 7.89. The van der Waals surface area contributed by atoms with Gasteiger partial charge in [-0.05, 0) is 56.3 Å². The first kappa shape index (κ1) is 20.3. The summed E-state index contributed by atoms with van der Waals surface area (Å²) in [5, 5.41) is 3.04. The van der Waals surface area contributed by atoms with E-state index in [2.05, 4.69) is 5.32 Å². The Balaban J connectivity index is 1.75. The maximum Gasteiger partial charge on any atom is 0.251 e. The lowest BCUT2D eigenvalue weighted by Gasteiger charge is -2.30. The van der Waals surface area contributed by atoms with Crippen molar-refractivity contribution in [2.75, 3.05) is 13.6 Å². The number of sulfonamides is 1. The zero-order valence-electron chi connectivity index (χ0n) is 16.1. The zero-order chi connectivity index (χ0) is 19.4. The molecule has 2 aliphatic rings. The predicted octanol–water partition coefficient (Wildman–Crippen LogP) is 2.50. The fraction of sp³-hybridized carbons (Fsp3) is 0.650. The number of rotatable bonds is 6. The van der Waals surface area contributed by atoms with Crippen molar-refractivity contribution in [3.63, 3.8) is 0 Å². The van der Waals surface area contributed by atoms with Crippen LogP contribution in [0.2, 0.25) is 0 Å². The second kappa shape index (κ2) is 8.71. The molecule has 2 aliphatic carbocycles. The summed E-state index contributed by atoms with van der Waals surface area (Å²) in [5.74, 6) is 0.0796. The van der Waals surface area contributed by atoms with E-state index in [0.717, 1.165) is 44.9 Å². The van der Waals surface area contributed by atoms with Crippen LogP contribution in [0, 0.1) is 5.92 Å². The van der Waals surface area contributed by atoms with E-state index in [1.54, 1.807) is 25.2 Å². The van der Waals surface area contributed by atoms with Crippen LogP contribution in [-0.2, 0) is 10.0 Å². The van der Waals surface area contributed by atoms with Crippen LogP contribution >= 0.6 is 0 Å². The summed E-state index contributed by atoms with van der Waals surface area (Å²) in [6.07, 6.45) is 8.12. The van der Waals surface area contributed by atoms with Crippen LogP contribution in [0.4, 0.5) is 0 Å². The van der Waals surface area contributed by atoms with E-state index in [0.29, 0.717) is 18.0 Å². The molecule has 27 heavy (non-hydrogen) atoms. The number of hydrogen-bond donors (Lipinski definition) is 2. The second-order valence-corrected chi connectivity index (χ2v) is 9.85. The molecule has 0 aliphatic heterocycles. The topological polar surface area (TPSA) is 92.5 Å². The lowest BCUT2D eigenvalue weighted by Crippen LogP contribution is -2.40. The smallest absolute Gasteiger partial charge is 0.251 e. The maximum absolute atomic E-state index is 13.0. The van der Waals surface area contributed by atoms with E-state index in [-0.39, 0.29) is 22.9 Å². The van der Waals surface area contributed by atoms with E-state index < -0.39 is 10.0 Å². The number of carbonyl (C=O) groups excluding carboxylic acids is 1. The first-order valence-corrected chi connectivity index (χ1v) is 11.5. The molecule has 1 amide bonds. The number of nitrogens with zero attached hydrogens (tertiary/aromatic N) is 1. The van der Waals surface area contributed by atoms with E-state index >= 15 is 0 Å². The van der Waals surface area contributed by atoms with Gasteiger partial charge in [0, 0.05) is 24.7 Å². The van der Waals surface area contributed by atoms with Gasteiger partial charge in [-0.2, -0.15) is 4.31 Å². The van der Waals surface area contributed by atoms with E-state index in [1.807, 2.05) is 0 Å². The quantitative estimate of drug-likeness (QED) is 0.777. The Kier molecular flexibility index (Phi) is 6.55. The molecule has 2 unspecified atom stereocenters. The fourth-order valence-electron chi connectivity index (χ4n) is 4.37. The normalized spacial score (nSPS) is 24.3. The van der Waals surface area contributed by atoms with Gasteiger partial charge in [0.1, 0.15) is 0 Å². The van der Waals surface area contributed by atoms with Crippen LogP contribution in [0.3, 0.4) is 0 Å². The second-order valence-electron chi connectivity index (χ2n) is 7.85. The third-order valence-electron chi connectivity index (χ3n) is 6.14. The molecule has 3 N–H and O–H groups in total. The van der Waals surface area contributed by atoms with Crippen LogP contribution in [-0.4, -0.2) is 44.3 Å². The van der Waals surface area contributed by atoms with Gasteiger partial charge in [-0.25, -0.2) is 8.42 Å². The molecule has 6 nitrogen and oxygen atoms in total. The molecular weight excluding hydrogens is 362 g/mol. The number of amides is 1. The first-order chi connectivity index (χ1) is 12.9. The highest BCUT2D eigenvalue weighted by Crippen LogP contribution is 2.27. The Morgan fingerprint density at radius 1 is 1.15 bits per heavy atom. The molecule has 2 atom stereocenters. The van der Waals surface area contributed by atoms with Crippen LogP contribution < -0.4 is 11.1 Å². The summed E-state index contributed by atoms with van der Waals surface area (Å²) in [6, 6.07) is 6.50. The average Bonchev–Trinajstić information content (AvgIpc) is 3.15. The summed E-state index contributed by atoms with van der Waals surface area (Å²) in [6.45, 7) is 0.561. The Bertz CT molecular complexity index is 759. The minimum absolute atomic E-state index is 0.0463. The third kappa shape index (κ3) is 4.52. The van der Waals surface area contributed by atoms with E-state index in [1.165, 1.54) is 16.8 Å². The highest BCUT2D eigenvalue weighted by atomic mass is 32.2. The summed E-state index contributed by atoms with van der Waals surface area (Å²) in [7, 11) is -1.95. The van der Waals surface area contributed by atoms with Gasteiger partial charge in [-0.3, -0.25) is 4.79 Å². The lowest BCUT2D eigenvalue weighted by molar-refractivity contribution is 0.0928. The van der Waals surface area contributed by atoms with Crippen molar-refractivity contribution >= 4 is 15.9 Å². The molecule has 0 spiro atoms. The number of hydrogen-bond acceptors (Lipinski definition) is 4. The van der Waals surface area contributed by atoms with Crippen molar-refractivity contribution < 1.29 is 13.2 Å². The van der Waals surface area contributed by atoms with Crippen molar-refractivity contribution in [2.24, 2.45) is 11.7 Å². The van der Waals surface area contributed by atoms with Gasteiger partial charge < -0.3 is 11.1 Å². The van der Waals surface area contributed by atoms with Crippen LogP contribution in [0.5, 0.6) is 0 Å². The zero-order valence-corrected chi connectivity index (χ0v) is 16.9. The molecule has 0 saturated heterocycles. The van der Waals surface area contributed by atoms with Crippen molar-refractivity contribution in [3.8, 4) is 0 Å². The van der Waals surface area contributed by atoms with Crippen molar-refractivity contribution in [3.05, 3.63) is 29.8 Å². The monoisotopic (exact) mass is 393 g/mol. The summed E-state index contributed by atoms with van der Waals surface area (Å²) in [5.41, 5.74) is 6.17. The van der Waals surface area contributed by atoms with Gasteiger partial charge in [-0.15, -0.1) is 0 Å². The molecule has 2 fully saturated rings. The molecule has 2 saturated carbocycles. The molecule has 0 aromatic heterocycles. The van der Waals surface area contributed by atoms with Crippen molar-refractivity contribution in [1.29, 1.82) is 0 Å². The largest absolute Gasteiger partial charge is 0.349 e. The van der Waals surface area contributed by atoms with Gasteiger partial charge in [-0.1, -0.05) is 31.7 Å². The maximum atomic E-state index is 13.0. The highest BCUT2D eigenvalue weighted by Gasteiger charge is 2.30. The summed E-state index contributed by atoms with van der Waals surface area (Å²) < 4.78 is 27.5. The van der Waals surface area contributed by atoms with E-state index in [9.17, 15) is 13.2 Å². The molecule has 3 rings (SSSR count). The average molecular weight is 394 g/mol. The number of benzene rings is 1. The van der Waals surface area contributed by atoms with Crippen LogP contribution in [0.1, 0.15) is 61.7 Å².